The molecule has 25 heavy (non-hydrogen) atoms. The van der Waals surface area contributed by atoms with Crippen LogP contribution in [0.1, 0.15) is 21.8 Å². The van der Waals surface area contributed by atoms with E-state index in [9.17, 15) is 13.2 Å². The SMILES string of the molecule is O=C(NCCc1nccs1)c1cccc(S(=O)(=O)N[C@@H]2CCOC2)c1. The lowest BCUT2D eigenvalue weighted by molar-refractivity contribution is 0.0954. The van der Waals surface area contributed by atoms with Gasteiger partial charge in [0.25, 0.3) is 5.91 Å². The largest absolute Gasteiger partial charge is 0.380 e. The number of carbonyl (C=O) groups excluding carboxylic acids is 1. The first-order chi connectivity index (χ1) is 12.0. The molecule has 1 aliphatic heterocycles. The van der Waals surface area contributed by atoms with Gasteiger partial charge in [0.05, 0.1) is 16.5 Å². The maximum Gasteiger partial charge on any atom is 0.251 e. The topological polar surface area (TPSA) is 97.4 Å². The summed E-state index contributed by atoms with van der Waals surface area (Å²) in [6, 6.07) is 5.80. The van der Waals surface area contributed by atoms with Gasteiger partial charge < -0.3 is 10.1 Å². The molecule has 2 N–H and O–H groups in total. The van der Waals surface area contributed by atoms with Crippen molar-refractivity contribution in [3.8, 4) is 0 Å². The average molecular weight is 381 g/mol. The van der Waals surface area contributed by atoms with Crippen LogP contribution in [-0.4, -0.2) is 45.1 Å². The first-order valence-corrected chi connectivity index (χ1v) is 10.3. The summed E-state index contributed by atoms with van der Waals surface area (Å²) < 4.78 is 32.6. The van der Waals surface area contributed by atoms with Crippen molar-refractivity contribution in [1.29, 1.82) is 0 Å². The highest BCUT2D eigenvalue weighted by Gasteiger charge is 2.24. The molecular formula is C16H19N3O4S2. The third-order valence-corrected chi connectivity index (χ3v) is 6.12. The number of nitrogens with zero attached hydrogens (tertiary/aromatic N) is 1. The first kappa shape index (κ1) is 18.0. The Morgan fingerprint density at radius 1 is 1.40 bits per heavy atom. The van der Waals surface area contributed by atoms with Gasteiger partial charge in [-0.15, -0.1) is 11.3 Å². The van der Waals surface area contributed by atoms with Crippen molar-refractivity contribution in [2.24, 2.45) is 0 Å². The number of sulfonamides is 1. The summed E-state index contributed by atoms with van der Waals surface area (Å²) >= 11 is 1.53. The van der Waals surface area contributed by atoms with Crippen LogP contribution in [0.25, 0.3) is 0 Å². The minimum atomic E-state index is -3.67. The lowest BCUT2D eigenvalue weighted by atomic mass is 10.2. The van der Waals surface area contributed by atoms with E-state index < -0.39 is 10.0 Å². The van der Waals surface area contributed by atoms with E-state index in [-0.39, 0.29) is 16.8 Å². The highest BCUT2D eigenvalue weighted by atomic mass is 32.2. The third kappa shape index (κ3) is 4.85. The van der Waals surface area contributed by atoms with Crippen LogP contribution in [0.4, 0.5) is 0 Å². The van der Waals surface area contributed by atoms with E-state index in [1.165, 1.54) is 23.5 Å². The monoisotopic (exact) mass is 381 g/mol. The second kappa shape index (κ2) is 8.05. The summed E-state index contributed by atoms with van der Waals surface area (Å²) in [7, 11) is -3.67. The molecule has 134 valence electrons. The number of hydrogen-bond donors (Lipinski definition) is 2. The summed E-state index contributed by atoms with van der Waals surface area (Å²) in [6.07, 6.45) is 3.01. The van der Waals surface area contributed by atoms with Crippen LogP contribution in [0.3, 0.4) is 0 Å². The molecule has 1 aromatic heterocycles. The Balaban J connectivity index is 1.62. The molecule has 1 aliphatic rings. The zero-order valence-electron chi connectivity index (χ0n) is 13.5. The zero-order chi connectivity index (χ0) is 17.7. The van der Waals surface area contributed by atoms with Crippen molar-refractivity contribution in [3.05, 3.63) is 46.4 Å². The maximum atomic E-state index is 12.4. The highest BCUT2D eigenvalue weighted by Crippen LogP contribution is 2.14. The normalized spacial score (nSPS) is 17.5. The predicted molar refractivity (Wildman–Crippen MR) is 94.1 cm³/mol. The van der Waals surface area contributed by atoms with Gasteiger partial charge in [-0.2, -0.15) is 0 Å². The molecule has 1 amide bonds. The number of aromatic nitrogens is 1. The van der Waals surface area contributed by atoms with E-state index in [4.69, 9.17) is 4.74 Å². The summed E-state index contributed by atoms with van der Waals surface area (Å²) in [5.41, 5.74) is 0.310. The van der Waals surface area contributed by atoms with E-state index in [1.54, 1.807) is 18.3 Å². The second-order valence-electron chi connectivity index (χ2n) is 5.64. The van der Waals surface area contributed by atoms with Crippen molar-refractivity contribution in [1.82, 2.24) is 15.0 Å². The van der Waals surface area contributed by atoms with Gasteiger partial charge in [-0.25, -0.2) is 18.1 Å². The first-order valence-electron chi connectivity index (χ1n) is 7.91. The molecule has 2 aromatic rings. The number of ether oxygens (including phenoxy) is 1. The van der Waals surface area contributed by atoms with Gasteiger partial charge in [-0.05, 0) is 24.6 Å². The molecule has 2 heterocycles. The Morgan fingerprint density at radius 3 is 3.00 bits per heavy atom. The van der Waals surface area contributed by atoms with Gasteiger partial charge in [0, 0.05) is 42.8 Å². The van der Waals surface area contributed by atoms with Crippen molar-refractivity contribution >= 4 is 27.3 Å². The number of nitrogens with one attached hydrogen (secondary N) is 2. The van der Waals surface area contributed by atoms with E-state index >= 15 is 0 Å². The van der Waals surface area contributed by atoms with Crippen LogP contribution in [0.2, 0.25) is 0 Å². The fourth-order valence-electron chi connectivity index (χ4n) is 2.48. The molecule has 7 nitrogen and oxygen atoms in total. The van der Waals surface area contributed by atoms with E-state index in [0.717, 1.165) is 5.01 Å². The zero-order valence-corrected chi connectivity index (χ0v) is 15.1. The Bertz CT molecular complexity index is 816. The standard InChI is InChI=1S/C16H19N3O4S2/c20-16(18-6-4-15-17-7-9-24-15)12-2-1-3-14(10-12)25(21,22)19-13-5-8-23-11-13/h1-3,7,9-10,13,19H,4-6,8,11H2,(H,18,20)/t13-/m1/s1. The minimum Gasteiger partial charge on any atom is -0.380 e. The molecule has 9 heteroatoms. The fourth-order valence-corrected chi connectivity index (χ4v) is 4.40. The molecule has 0 aliphatic carbocycles. The number of benzene rings is 1. The molecule has 0 bridgehead atoms. The van der Waals surface area contributed by atoms with Crippen molar-refractivity contribution in [2.75, 3.05) is 19.8 Å². The summed E-state index contributed by atoms with van der Waals surface area (Å²) in [6.45, 7) is 1.37. The summed E-state index contributed by atoms with van der Waals surface area (Å²) in [5.74, 6) is -0.308. The third-order valence-electron chi connectivity index (χ3n) is 3.77. The lowest BCUT2D eigenvalue weighted by Gasteiger charge is -2.12. The Morgan fingerprint density at radius 2 is 2.28 bits per heavy atom. The number of amides is 1. The fraction of sp³-hybridized carbons (Fsp3) is 0.375. The quantitative estimate of drug-likeness (QED) is 0.751. The Kier molecular flexibility index (Phi) is 5.79. The molecule has 1 fully saturated rings. The average Bonchev–Trinajstić information content (AvgIpc) is 3.28. The van der Waals surface area contributed by atoms with E-state index in [0.29, 0.717) is 38.2 Å². The van der Waals surface area contributed by atoms with Crippen molar-refractivity contribution < 1.29 is 17.9 Å². The molecule has 1 atom stereocenters. The van der Waals surface area contributed by atoms with E-state index in [2.05, 4.69) is 15.0 Å². The maximum absolute atomic E-state index is 12.4. The van der Waals surface area contributed by atoms with Crippen LogP contribution in [-0.2, 0) is 21.2 Å². The van der Waals surface area contributed by atoms with Gasteiger partial charge in [-0.3, -0.25) is 4.79 Å². The van der Waals surface area contributed by atoms with Gasteiger partial charge in [0.2, 0.25) is 10.0 Å². The highest BCUT2D eigenvalue weighted by molar-refractivity contribution is 7.89. The lowest BCUT2D eigenvalue weighted by Crippen LogP contribution is -2.35. The number of hydrogen-bond acceptors (Lipinski definition) is 6. The number of carbonyl (C=O) groups is 1. The summed E-state index contributed by atoms with van der Waals surface area (Å²) in [4.78, 5) is 16.5. The van der Waals surface area contributed by atoms with Gasteiger partial charge in [0.1, 0.15) is 0 Å². The number of rotatable bonds is 7. The van der Waals surface area contributed by atoms with Gasteiger partial charge in [-0.1, -0.05) is 6.07 Å². The number of thiazole rings is 1. The second-order valence-corrected chi connectivity index (χ2v) is 8.33. The molecule has 0 saturated carbocycles. The Hall–Kier alpha value is -1.81. The van der Waals surface area contributed by atoms with Gasteiger partial charge >= 0.3 is 0 Å². The smallest absolute Gasteiger partial charge is 0.251 e. The van der Waals surface area contributed by atoms with Crippen LogP contribution in [0.5, 0.6) is 0 Å². The molecular weight excluding hydrogens is 362 g/mol. The van der Waals surface area contributed by atoms with Crippen LogP contribution >= 0.6 is 11.3 Å². The molecule has 0 unspecified atom stereocenters. The van der Waals surface area contributed by atoms with Gasteiger partial charge in [0.15, 0.2) is 0 Å². The molecule has 1 saturated heterocycles. The molecule has 1 aromatic carbocycles. The van der Waals surface area contributed by atoms with E-state index in [1.807, 2.05) is 5.38 Å². The molecule has 0 radical (unpaired) electrons. The van der Waals surface area contributed by atoms with Crippen LogP contribution in [0.15, 0.2) is 40.7 Å². The molecule has 3 rings (SSSR count). The minimum absolute atomic E-state index is 0.0759. The summed E-state index contributed by atoms with van der Waals surface area (Å²) in [5, 5.41) is 5.61. The Labute approximate surface area is 150 Å². The molecule has 0 spiro atoms. The van der Waals surface area contributed by atoms with Crippen molar-refractivity contribution in [2.45, 2.75) is 23.8 Å². The van der Waals surface area contributed by atoms with Crippen molar-refractivity contribution in [3.63, 3.8) is 0 Å². The van der Waals surface area contributed by atoms with Crippen LogP contribution in [0, 0.1) is 0 Å². The predicted octanol–water partition coefficient (Wildman–Crippen LogP) is 1.18. The van der Waals surface area contributed by atoms with Crippen LogP contribution < -0.4 is 10.0 Å².